The first-order valence-corrected chi connectivity index (χ1v) is 4.15. The van der Waals surface area contributed by atoms with Crippen molar-refractivity contribution in [3.63, 3.8) is 0 Å². The highest BCUT2D eigenvalue weighted by Crippen LogP contribution is 2.08. The van der Waals surface area contributed by atoms with Crippen LogP contribution in [0.2, 0.25) is 0 Å². The molecule has 1 unspecified atom stereocenters. The first-order chi connectivity index (χ1) is 4.85. The maximum atomic E-state index is 8.33. The highest BCUT2D eigenvalue weighted by atomic mass is 17.1. The molecular formula is C8H18O2. The molecule has 0 saturated carbocycles. The van der Waals surface area contributed by atoms with Crippen molar-refractivity contribution in [2.75, 3.05) is 0 Å². The molecule has 0 rings (SSSR count). The van der Waals surface area contributed by atoms with Gasteiger partial charge in [0.1, 0.15) is 0 Å². The van der Waals surface area contributed by atoms with Crippen LogP contribution in [0.1, 0.15) is 46.0 Å². The zero-order valence-electron chi connectivity index (χ0n) is 6.97. The lowest BCUT2D eigenvalue weighted by molar-refractivity contribution is -0.280. The molecule has 0 aromatic carbocycles. The molecule has 0 aliphatic carbocycles. The van der Waals surface area contributed by atoms with Crippen molar-refractivity contribution in [3.8, 4) is 0 Å². The Labute approximate surface area is 63.1 Å². The Morgan fingerprint density at radius 2 is 2.00 bits per heavy atom. The molecule has 0 aromatic heterocycles. The molecule has 0 saturated heterocycles. The maximum Gasteiger partial charge on any atom is 0.0924 e. The summed E-state index contributed by atoms with van der Waals surface area (Å²) in [6, 6.07) is 0. The maximum absolute atomic E-state index is 8.33. The fraction of sp³-hybridized carbons (Fsp3) is 1.00. The van der Waals surface area contributed by atoms with Gasteiger partial charge < -0.3 is 0 Å². The minimum atomic E-state index is 0.0616. The van der Waals surface area contributed by atoms with E-state index in [1.807, 2.05) is 6.92 Å². The van der Waals surface area contributed by atoms with Crippen LogP contribution in [0.15, 0.2) is 0 Å². The summed E-state index contributed by atoms with van der Waals surface area (Å²) in [7, 11) is 0. The van der Waals surface area contributed by atoms with E-state index in [2.05, 4.69) is 11.8 Å². The molecule has 0 heterocycles. The van der Waals surface area contributed by atoms with Crippen molar-refractivity contribution in [3.05, 3.63) is 0 Å². The van der Waals surface area contributed by atoms with Crippen molar-refractivity contribution >= 4 is 0 Å². The Balaban J connectivity index is 3.09. The summed E-state index contributed by atoms with van der Waals surface area (Å²) in [5.74, 6) is 0. The lowest BCUT2D eigenvalue weighted by Crippen LogP contribution is -2.08. The topological polar surface area (TPSA) is 29.5 Å². The van der Waals surface area contributed by atoms with Crippen LogP contribution in [-0.2, 0) is 4.89 Å². The Morgan fingerprint density at radius 1 is 1.30 bits per heavy atom. The van der Waals surface area contributed by atoms with Gasteiger partial charge in [-0.1, -0.05) is 33.1 Å². The van der Waals surface area contributed by atoms with Gasteiger partial charge in [-0.05, 0) is 12.8 Å². The van der Waals surface area contributed by atoms with Gasteiger partial charge >= 0.3 is 0 Å². The number of unbranched alkanes of at least 4 members (excludes halogenated alkanes) is 2. The van der Waals surface area contributed by atoms with Gasteiger partial charge in [-0.3, -0.25) is 5.26 Å². The van der Waals surface area contributed by atoms with Crippen LogP contribution in [0.25, 0.3) is 0 Å². The second-order valence-electron chi connectivity index (χ2n) is 2.63. The van der Waals surface area contributed by atoms with Crippen LogP contribution >= 0.6 is 0 Å². The summed E-state index contributed by atoms with van der Waals surface area (Å²) in [4.78, 5) is 4.25. The predicted molar refractivity (Wildman–Crippen MR) is 41.9 cm³/mol. The lowest BCUT2D eigenvalue weighted by atomic mass is 10.1. The SMILES string of the molecule is CCCCCC(CC)OO. The lowest BCUT2D eigenvalue weighted by Gasteiger charge is -2.08. The third-order valence-corrected chi connectivity index (χ3v) is 1.73. The van der Waals surface area contributed by atoms with Gasteiger partial charge in [0.05, 0.1) is 6.10 Å². The van der Waals surface area contributed by atoms with Gasteiger partial charge in [0.2, 0.25) is 0 Å². The summed E-state index contributed by atoms with van der Waals surface area (Å²) < 4.78 is 0. The third kappa shape index (κ3) is 4.77. The third-order valence-electron chi connectivity index (χ3n) is 1.73. The molecule has 0 amide bonds. The number of rotatable bonds is 6. The van der Waals surface area contributed by atoms with Crippen molar-refractivity contribution in [2.45, 2.75) is 52.1 Å². The predicted octanol–water partition coefficient (Wildman–Crippen LogP) is 2.83. The van der Waals surface area contributed by atoms with Crippen LogP contribution in [0.5, 0.6) is 0 Å². The second-order valence-corrected chi connectivity index (χ2v) is 2.63. The molecule has 0 bridgehead atoms. The summed E-state index contributed by atoms with van der Waals surface area (Å²) in [6.07, 6.45) is 5.57. The van der Waals surface area contributed by atoms with E-state index in [9.17, 15) is 0 Å². The first-order valence-electron chi connectivity index (χ1n) is 4.15. The molecule has 0 spiro atoms. The molecule has 1 N–H and O–H groups in total. The first kappa shape index (κ1) is 9.92. The van der Waals surface area contributed by atoms with E-state index in [4.69, 9.17) is 5.26 Å². The molecule has 0 aromatic rings. The summed E-state index contributed by atoms with van der Waals surface area (Å²) >= 11 is 0. The Morgan fingerprint density at radius 3 is 2.40 bits per heavy atom. The average Bonchev–Trinajstić information content (AvgIpc) is 1.99. The minimum absolute atomic E-state index is 0.0616. The summed E-state index contributed by atoms with van der Waals surface area (Å²) in [5, 5.41) is 8.33. The Bertz CT molecular complexity index is 60.3. The van der Waals surface area contributed by atoms with Gasteiger partial charge in [-0.15, -0.1) is 0 Å². The van der Waals surface area contributed by atoms with Gasteiger partial charge in [0.15, 0.2) is 0 Å². The Kier molecular flexibility index (Phi) is 6.98. The van der Waals surface area contributed by atoms with E-state index in [0.717, 1.165) is 19.3 Å². The van der Waals surface area contributed by atoms with Gasteiger partial charge in [-0.25, -0.2) is 4.89 Å². The fourth-order valence-electron chi connectivity index (χ4n) is 0.953. The molecule has 1 atom stereocenters. The van der Waals surface area contributed by atoms with Crippen LogP contribution in [0.3, 0.4) is 0 Å². The average molecular weight is 146 g/mol. The monoisotopic (exact) mass is 146 g/mol. The highest BCUT2D eigenvalue weighted by Gasteiger charge is 2.03. The zero-order chi connectivity index (χ0) is 7.82. The van der Waals surface area contributed by atoms with Gasteiger partial charge in [0.25, 0.3) is 0 Å². The minimum Gasteiger partial charge on any atom is -0.252 e. The normalized spacial score (nSPS) is 13.5. The smallest absolute Gasteiger partial charge is 0.0924 e. The van der Waals surface area contributed by atoms with Gasteiger partial charge in [0, 0.05) is 0 Å². The van der Waals surface area contributed by atoms with Crippen molar-refractivity contribution in [2.24, 2.45) is 0 Å². The molecule has 2 heteroatoms. The van der Waals surface area contributed by atoms with E-state index in [0.29, 0.717) is 0 Å². The van der Waals surface area contributed by atoms with Crippen molar-refractivity contribution in [1.29, 1.82) is 0 Å². The molecule has 10 heavy (non-hydrogen) atoms. The van der Waals surface area contributed by atoms with Crippen LogP contribution in [-0.4, -0.2) is 11.4 Å². The number of hydrogen-bond donors (Lipinski definition) is 1. The highest BCUT2D eigenvalue weighted by molar-refractivity contribution is 4.52. The van der Waals surface area contributed by atoms with Crippen molar-refractivity contribution in [1.82, 2.24) is 0 Å². The quantitative estimate of drug-likeness (QED) is 0.354. The molecule has 62 valence electrons. The van der Waals surface area contributed by atoms with E-state index in [1.165, 1.54) is 12.8 Å². The molecule has 0 radical (unpaired) electrons. The van der Waals surface area contributed by atoms with Crippen LogP contribution in [0.4, 0.5) is 0 Å². The largest absolute Gasteiger partial charge is 0.252 e. The molecule has 2 nitrogen and oxygen atoms in total. The van der Waals surface area contributed by atoms with E-state index in [-0.39, 0.29) is 6.10 Å². The van der Waals surface area contributed by atoms with Gasteiger partial charge in [-0.2, -0.15) is 0 Å². The van der Waals surface area contributed by atoms with Crippen LogP contribution in [0, 0.1) is 0 Å². The fourth-order valence-corrected chi connectivity index (χ4v) is 0.953. The van der Waals surface area contributed by atoms with E-state index in [1.54, 1.807) is 0 Å². The Hall–Kier alpha value is -0.0800. The van der Waals surface area contributed by atoms with Crippen molar-refractivity contribution < 1.29 is 10.1 Å². The number of hydrogen-bond acceptors (Lipinski definition) is 2. The standard InChI is InChI=1S/C8H18O2/c1-3-5-6-7-8(4-2)10-9/h8-9H,3-7H2,1-2H3. The van der Waals surface area contributed by atoms with Crippen LogP contribution < -0.4 is 0 Å². The zero-order valence-corrected chi connectivity index (χ0v) is 6.97. The summed E-state index contributed by atoms with van der Waals surface area (Å²) in [5.41, 5.74) is 0. The van der Waals surface area contributed by atoms with E-state index >= 15 is 0 Å². The van der Waals surface area contributed by atoms with E-state index < -0.39 is 0 Å². The molecule has 0 aliphatic rings. The molecule has 0 aliphatic heterocycles. The molecule has 0 fully saturated rings. The summed E-state index contributed by atoms with van der Waals surface area (Å²) in [6.45, 7) is 4.19. The molecular weight excluding hydrogens is 128 g/mol. The second kappa shape index (κ2) is 7.03.